The number of para-hydroxylation sites is 1. The summed E-state index contributed by atoms with van der Waals surface area (Å²) in [5.41, 5.74) is 4.91. The fraction of sp³-hybridized carbons (Fsp3) is 0.0909. The van der Waals surface area contributed by atoms with E-state index in [1.807, 2.05) is 67.8 Å². The molecule has 4 aromatic rings. The minimum atomic E-state index is -0.151. The van der Waals surface area contributed by atoms with Gasteiger partial charge in [-0.25, -0.2) is 4.68 Å². The minimum absolute atomic E-state index is 0.151. The number of nitrogens with one attached hydrogen (secondary N) is 1. The van der Waals surface area contributed by atoms with Crippen molar-refractivity contribution in [3.63, 3.8) is 0 Å². The van der Waals surface area contributed by atoms with Crippen molar-refractivity contribution in [2.45, 2.75) is 13.8 Å². The molecule has 0 atom stereocenters. The average Bonchev–Trinajstić information content (AvgIpc) is 3.33. The molecule has 140 valence electrons. The highest BCUT2D eigenvalue weighted by Gasteiger charge is 2.13. The fourth-order valence-corrected chi connectivity index (χ4v) is 3.95. The predicted molar refractivity (Wildman–Crippen MR) is 116 cm³/mol. The number of amides is 1. The number of carbonyl (C=O) groups is 1. The molecule has 0 aliphatic carbocycles. The van der Waals surface area contributed by atoms with E-state index >= 15 is 0 Å². The summed E-state index contributed by atoms with van der Waals surface area (Å²) in [5, 5.41) is 10.2. The molecular weight excluding hydrogens is 390 g/mol. The number of rotatable bonds is 4. The number of halogens is 1. The maximum atomic E-state index is 12.8. The number of hydrogen-bond acceptors (Lipinski definition) is 3. The molecule has 0 saturated heterocycles. The molecule has 4 nitrogen and oxygen atoms in total. The molecule has 4 rings (SSSR count). The third-order valence-corrected chi connectivity index (χ3v) is 5.99. The second kappa shape index (κ2) is 7.62. The molecule has 0 spiro atoms. The van der Waals surface area contributed by atoms with Gasteiger partial charge < -0.3 is 5.32 Å². The van der Waals surface area contributed by atoms with E-state index in [1.165, 1.54) is 0 Å². The standard InChI is InChI=1S/C22H18ClN3OS/c1-14-21(23)15(2)26(25-14)17-11-9-16(10-12-17)22(27)24-19-7-4-3-6-18(19)20-8-5-13-28-20/h3-13H,1-2H3,(H,24,27). The van der Waals surface area contributed by atoms with Gasteiger partial charge in [-0.2, -0.15) is 5.10 Å². The van der Waals surface area contributed by atoms with Gasteiger partial charge in [-0.15, -0.1) is 11.3 Å². The molecule has 0 fully saturated rings. The Kier molecular flexibility index (Phi) is 5.03. The summed E-state index contributed by atoms with van der Waals surface area (Å²) in [7, 11) is 0. The van der Waals surface area contributed by atoms with Crippen LogP contribution in [0, 0.1) is 13.8 Å². The van der Waals surface area contributed by atoms with Crippen LogP contribution in [0.2, 0.25) is 5.02 Å². The molecule has 2 aromatic heterocycles. The molecule has 0 radical (unpaired) electrons. The van der Waals surface area contributed by atoms with Gasteiger partial charge in [0, 0.05) is 21.7 Å². The lowest BCUT2D eigenvalue weighted by molar-refractivity contribution is 0.102. The first-order chi connectivity index (χ1) is 13.5. The number of thiophene rings is 1. The predicted octanol–water partition coefficient (Wildman–Crippen LogP) is 6.12. The smallest absolute Gasteiger partial charge is 0.255 e. The van der Waals surface area contributed by atoms with Crippen molar-refractivity contribution in [2.24, 2.45) is 0 Å². The number of anilines is 1. The Morgan fingerprint density at radius 1 is 1.04 bits per heavy atom. The summed E-state index contributed by atoms with van der Waals surface area (Å²) in [6.07, 6.45) is 0. The highest BCUT2D eigenvalue weighted by molar-refractivity contribution is 7.13. The van der Waals surface area contributed by atoms with Gasteiger partial charge in [0.1, 0.15) is 0 Å². The van der Waals surface area contributed by atoms with Gasteiger partial charge in [0.2, 0.25) is 0 Å². The van der Waals surface area contributed by atoms with E-state index in [0.29, 0.717) is 10.6 Å². The fourth-order valence-electron chi connectivity index (χ4n) is 3.06. The van der Waals surface area contributed by atoms with Crippen molar-refractivity contribution < 1.29 is 4.79 Å². The van der Waals surface area contributed by atoms with E-state index in [1.54, 1.807) is 28.2 Å². The highest BCUT2D eigenvalue weighted by Crippen LogP contribution is 2.31. The minimum Gasteiger partial charge on any atom is -0.321 e. The molecule has 2 aromatic carbocycles. The normalized spacial score (nSPS) is 10.8. The molecule has 1 N–H and O–H groups in total. The summed E-state index contributed by atoms with van der Waals surface area (Å²) in [6, 6.07) is 19.2. The van der Waals surface area contributed by atoms with Gasteiger partial charge in [0.05, 0.1) is 22.1 Å². The zero-order valence-electron chi connectivity index (χ0n) is 15.4. The van der Waals surface area contributed by atoms with Gasteiger partial charge in [-0.05, 0) is 55.6 Å². The van der Waals surface area contributed by atoms with E-state index in [-0.39, 0.29) is 5.91 Å². The van der Waals surface area contributed by atoms with Crippen LogP contribution < -0.4 is 5.32 Å². The molecular formula is C22H18ClN3OS. The van der Waals surface area contributed by atoms with Crippen molar-refractivity contribution in [3.05, 3.63) is 88.0 Å². The van der Waals surface area contributed by atoms with E-state index in [0.717, 1.165) is 33.2 Å². The molecule has 0 bridgehead atoms. The summed E-state index contributed by atoms with van der Waals surface area (Å²) in [4.78, 5) is 13.9. The molecule has 0 aliphatic heterocycles. The maximum absolute atomic E-state index is 12.8. The lowest BCUT2D eigenvalue weighted by Crippen LogP contribution is -2.12. The van der Waals surface area contributed by atoms with Crippen molar-refractivity contribution in [1.29, 1.82) is 0 Å². The first kappa shape index (κ1) is 18.5. The highest BCUT2D eigenvalue weighted by atomic mass is 35.5. The van der Waals surface area contributed by atoms with Crippen LogP contribution in [0.5, 0.6) is 0 Å². The van der Waals surface area contributed by atoms with E-state index in [2.05, 4.69) is 10.4 Å². The van der Waals surface area contributed by atoms with E-state index in [4.69, 9.17) is 11.6 Å². The van der Waals surface area contributed by atoms with Crippen LogP contribution in [0.4, 0.5) is 5.69 Å². The Balaban J connectivity index is 1.58. The number of nitrogens with zero attached hydrogens (tertiary/aromatic N) is 2. The first-order valence-corrected chi connectivity index (χ1v) is 10.1. The quantitative estimate of drug-likeness (QED) is 0.442. The molecule has 0 aliphatic rings. The van der Waals surface area contributed by atoms with Crippen LogP contribution in [-0.2, 0) is 0 Å². The number of hydrogen-bond donors (Lipinski definition) is 1. The molecule has 28 heavy (non-hydrogen) atoms. The van der Waals surface area contributed by atoms with Crippen molar-refractivity contribution in [1.82, 2.24) is 9.78 Å². The van der Waals surface area contributed by atoms with Gasteiger partial charge in [0.15, 0.2) is 0 Å². The number of benzene rings is 2. The van der Waals surface area contributed by atoms with Gasteiger partial charge in [-0.1, -0.05) is 35.9 Å². The van der Waals surface area contributed by atoms with E-state index < -0.39 is 0 Å². The molecule has 0 unspecified atom stereocenters. The Hall–Kier alpha value is -2.89. The lowest BCUT2D eigenvalue weighted by atomic mass is 10.1. The summed E-state index contributed by atoms with van der Waals surface area (Å²) in [6.45, 7) is 3.79. The van der Waals surface area contributed by atoms with Crippen molar-refractivity contribution in [2.75, 3.05) is 5.32 Å². The summed E-state index contributed by atoms with van der Waals surface area (Å²) in [5.74, 6) is -0.151. The van der Waals surface area contributed by atoms with Crippen LogP contribution in [-0.4, -0.2) is 15.7 Å². The maximum Gasteiger partial charge on any atom is 0.255 e. The Labute approximate surface area is 172 Å². The van der Waals surface area contributed by atoms with Gasteiger partial charge in [0.25, 0.3) is 5.91 Å². The van der Waals surface area contributed by atoms with E-state index in [9.17, 15) is 4.79 Å². The average molecular weight is 408 g/mol. The Morgan fingerprint density at radius 2 is 1.79 bits per heavy atom. The number of aryl methyl sites for hydroxylation is 1. The third-order valence-electron chi connectivity index (χ3n) is 4.54. The Bertz CT molecular complexity index is 1130. The van der Waals surface area contributed by atoms with Crippen LogP contribution in [0.1, 0.15) is 21.7 Å². The van der Waals surface area contributed by atoms with Crippen LogP contribution >= 0.6 is 22.9 Å². The first-order valence-electron chi connectivity index (χ1n) is 8.81. The Morgan fingerprint density at radius 3 is 2.43 bits per heavy atom. The molecule has 2 heterocycles. The summed E-state index contributed by atoms with van der Waals surface area (Å²) >= 11 is 7.88. The number of carbonyl (C=O) groups excluding carboxylic acids is 1. The van der Waals surface area contributed by atoms with Gasteiger partial charge >= 0.3 is 0 Å². The van der Waals surface area contributed by atoms with Crippen molar-refractivity contribution >= 4 is 34.5 Å². The second-order valence-electron chi connectivity index (χ2n) is 6.42. The zero-order chi connectivity index (χ0) is 19.7. The largest absolute Gasteiger partial charge is 0.321 e. The van der Waals surface area contributed by atoms with Gasteiger partial charge in [-0.3, -0.25) is 4.79 Å². The van der Waals surface area contributed by atoms with Crippen LogP contribution in [0.3, 0.4) is 0 Å². The monoisotopic (exact) mass is 407 g/mol. The SMILES string of the molecule is Cc1nn(-c2ccc(C(=O)Nc3ccccc3-c3cccs3)cc2)c(C)c1Cl. The van der Waals surface area contributed by atoms with Crippen LogP contribution in [0.25, 0.3) is 16.1 Å². The molecule has 1 amide bonds. The summed E-state index contributed by atoms with van der Waals surface area (Å²) < 4.78 is 1.78. The number of aromatic nitrogens is 2. The zero-order valence-corrected chi connectivity index (χ0v) is 17.0. The third kappa shape index (κ3) is 3.46. The topological polar surface area (TPSA) is 46.9 Å². The van der Waals surface area contributed by atoms with Crippen molar-refractivity contribution in [3.8, 4) is 16.1 Å². The van der Waals surface area contributed by atoms with Crippen LogP contribution in [0.15, 0.2) is 66.0 Å². The lowest BCUT2D eigenvalue weighted by Gasteiger charge is -2.11. The second-order valence-corrected chi connectivity index (χ2v) is 7.75. The molecule has 0 saturated carbocycles. The molecule has 6 heteroatoms.